The second kappa shape index (κ2) is 5.92. The van der Waals surface area contributed by atoms with Gasteiger partial charge in [-0.2, -0.15) is 0 Å². The van der Waals surface area contributed by atoms with Crippen LogP contribution in [0.25, 0.3) is 22.6 Å². The van der Waals surface area contributed by atoms with Crippen molar-refractivity contribution in [3.8, 4) is 22.6 Å². The van der Waals surface area contributed by atoms with E-state index >= 15 is 0 Å². The molecule has 0 aliphatic heterocycles. The van der Waals surface area contributed by atoms with Gasteiger partial charge in [0.15, 0.2) is 5.76 Å². The molecule has 5 heteroatoms. The Balaban J connectivity index is 1.86. The SMILES string of the molecule is CC(C)(C)c1ccc(-c2cc(-c3ccc([N+](=O)[O-])cc3)no2)cc1. The number of rotatable bonds is 3. The van der Waals surface area contributed by atoms with Crippen LogP contribution >= 0.6 is 0 Å². The van der Waals surface area contributed by atoms with E-state index in [1.54, 1.807) is 12.1 Å². The minimum Gasteiger partial charge on any atom is -0.356 e. The zero-order chi connectivity index (χ0) is 17.3. The van der Waals surface area contributed by atoms with Crippen molar-refractivity contribution in [2.45, 2.75) is 26.2 Å². The lowest BCUT2D eigenvalue weighted by Crippen LogP contribution is -2.10. The van der Waals surface area contributed by atoms with Gasteiger partial charge < -0.3 is 4.52 Å². The van der Waals surface area contributed by atoms with Gasteiger partial charge in [0.2, 0.25) is 0 Å². The van der Waals surface area contributed by atoms with Gasteiger partial charge in [0.25, 0.3) is 5.69 Å². The summed E-state index contributed by atoms with van der Waals surface area (Å²) in [6, 6.07) is 16.3. The summed E-state index contributed by atoms with van der Waals surface area (Å²) in [5.41, 5.74) is 3.79. The van der Waals surface area contributed by atoms with E-state index in [4.69, 9.17) is 4.52 Å². The number of benzene rings is 2. The zero-order valence-corrected chi connectivity index (χ0v) is 13.8. The second-order valence-electron chi connectivity index (χ2n) is 6.71. The molecule has 0 fully saturated rings. The van der Waals surface area contributed by atoms with Crippen molar-refractivity contribution in [1.29, 1.82) is 0 Å². The van der Waals surface area contributed by atoms with Crippen LogP contribution in [0.2, 0.25) is 0 Å². The number of nitrogens with zero attached hydrogens (tertiary/aromatic N) is 2. The summed E-state index contributed by atoms with van der Waals surface area (Å²) in [7, 11) is 0. The summed E-state index contributed by atoms with van der Waals surface area (Å²) in [4.78, 5) is 10.3. The first-order valence-corrected chi connectivity index (χ1v) is 7.67. The minimum absolute atomic E-state index is 0.0558. The highest BCUT2D eigenvalue weighted by molar-refractivity contribution is 5.67. The molecule has 0 amide bonds. The summed E-state index contributed by atoms with van der Waals surface area (Å²) < 4.78 is 5.42. The molecule has 0 radical (unpaired) electrons. The summed E-state index contributed by atoms with van der Waals surface area (Å²) in [6.45, 7) is 6.51. The maximum absolute atomic E-state index is 10.7. The third-order valence-corrected chi connectivity index (χ3v) is 3.92. The van der Waals surface area contributed by atoms with Gasteiger partial charge in [-0.25, -0.2) is 0 Å². The maximum Gasteiger partial charge on any atom is 0.269 e. The molecule has 1 heterocycles. The van der Waals surface area contributed by atoms with E-state index in [9.17, 15) is 10.1 Å². The van der Waals surface area contributed by atoms with Crippen LogP contribution in [0.5, 0.6) is 0 Å². The first-order valence-electron chi connectivity index (χ1n) is 7.67. The molecule has 0 saturated carbocycles. The van der Waals surface area contributed by atoms with Gasteiger partial charge in [-0.05, 0) is 23.1 Å². The lowest BCUT2D eigenvalue weighted by Gasteiger charge is -2.18. The molecule has 5 nitrogen and oxygen atoms in total. The molecule has 0 aliphatic carbocycles. The Kier molecular flexibility index (Phi) is 3.93. The van der Waals surface area contributed by atoms with Crippen LogP contribution in [0.1, 0.15) is 26.3 Å². The zero-order valence-electron chi connectivity index (χ0n) is 13.8. The Morgan fingerprint density at radius 2 is 1.54 bits per heavy atom. The summed E-state index contributed by atoms with van der Waals surface area (Å²) in [5, 5.41) is 14.8. The van der Waals surface area contributed by atoms with Crippen LogP contribution in [0.3, 0.4) is 0 Å². The third kappa shape index (κ3) is 3.20. The lowest BCUT2D eigenvalue weighted by molar-refractivity contribution is -0.384. The molecule has 24 heavy (non-hydrogen) atoms. The Morgan fingerprint density at radius 1 is 0.958 bits per heavy atom. The van der Waals surface area contributed by atoms with Crippen molar-refractivity contribution in [1.82, 2.24) is 5.16 Å². The van der Waals surface area contributed by atoms with Crippen molar-refractivity contribution in [3.63, 3.8) is 0 Å². The van der Waals surface area contributed by atoms with Gasteiger partial charge >= 0.3 is 0 Å². The number of nitro benzene ring substituents is 1. The summed E-state index contributed by atoms with van der Waals surface area (Å²) in [6.07, 6.45) is 0. The minimum atomic E-state index is -0.422. The molecule has 3 aromatic rings. The number of hydrogen-bond acceptors (Lipinski definition) is 4. The standard InChI is InChI=1S/C19H18N2O3/c1-19(2,3)15-8-4-14(5-9-15)18-12-17(20-24-18)13-6-10-16(11-7-13)21(22)23/h4-12H,1-3H3. The fraction of sp³-hybridized carbons (Fsp3) is 0.211. The highest BCUT2D eigenvalue weighted by Gasteiger charge is 2.15. The number of non-ortho nitro benzene ring substituents is 1. The van der Waals surface area contributed by atoms with E-state index in [0.29, 0.717) is 11.5 Å². The van der Waals surface area contributed by atoms with E-state index in [0.717, 1.165) is 11.1 Å². The average Bonchev–Trinajstić information content (AvgIpc) is 3.04. The quantitative estimate of drug-likeness (QED) is 0.490. The Hall–Kier alpha value is -2.95. The highest BCUT2D eigenvalue weighted by atomic mass is 16.6. The van der Waals surface area contributed by atoms with Gasteiger partial charge in [0.05, 0.1) is 4.92 Å². The molecule has 0 saturated heterocycles. The van der Waals surface area contributed by atoms with Crippen molar-refractivity contribution >= 4 is 5.69 Å². The number of aromatic nitrogens is 1. The lowest BCUT2D eigenvalue weighted by atomic mass is 9.86. The smallest absolute Gasteiger partial charge is 0.269 e. The molecular weight excluding hydrogens is 304 g/mol. The number of hydrogen-bond donors (Lipinski definition) is 0. The van der Waals surface area contributed by atoms with E-state index < -0.39 is 4.92 Å². The molecule has 0 aliphatic rings. The van der Waals surface area contributed by atoms with E-state index in [1.807, 2.05) is 18.2 Å². The van der Waals surface area contributed by atoms with E-state index in [1.165, 1.54) is 17.7 Å². The van der Waals surface area contributed by atoms with E-state index in [2.05, 4.69) is 38.1 Å². The molecule has 3 rings (SSSR count). The fourth-order valence-electron chi connectivity index (χ4n) is 2.44. The average molecular weight is 322 g/mol. The van der Waals surface area contributed by atoms with Crippen LogP contribution in [0, 0.1) is 10.1 Å². The maximum atomic E-state index is 10.7. The van der Waals surface area contributed by atoms with Gasteiger partial charge in [-0.1, -0.05) is 50.2 Å². The number of nitro groups is 1. The normalized spacial score (nSPS) is 11.5. The Bertz CT molecular complexity index is 857. The molecule has 0 atom stereocenters. The molecule has 0 spiro atoms. The van der Waals surface area contributed by atoms with Crippen LogP contribution in [0.4, 0.5) is 5.69 Å². The molecule has 2 aromatic carbocycles. The second-order valence-corrected chi connectivity index (χ2v) is 6.71. The monoisotopic (exact) mass is 322 g/mol. The first kappa shape index (κ1) is 15.9. The molecule has 1 aromatic heterocycles. The molecule has 122 valence electrons. The van der Waals surface area contributed by atoms with Crippen molar-refractivity contribution in [2.24, 2.45) is 0 Å². The predicted molar refractivity (Wildman–Crippen MR) is 92.7 cm³/mol. The van der Waals surface area contributed by atoms with Crippen molar-refractivity contribution in [2.75, 3.05) is 0 Å². The first-order chi connectivity index (χ1) is 11.3. The largest absolute Gasteiger partial charge is 0.356 e. The highest BCUT2D eigenvalue weighted by Crippen LogP contribution is 2.29. The van der Waals surface area contributed by atoms with Gasteiger partial charge in [-0.15, -0.1) is 0 Å². The topological polar surface area (TPSA) is 69.2 Å². The summed E-state index contributed by atoms with van der Waals surface area (Å²) in [5.74, 6) is 0.670. The van der Waals surface area contributed by atoms with Crippen LogP contribution in [-0.4, -0.2) is 10.1 Å². The van der Waals surface area contributed by atoms with Crippen LogP contribution in [-0.2, 0) is 5.41 Å². The fourth-order valence-corrected chi connectivity index (χ4v) is 2.44. The molecule has 0 bridgehead atoms. The van der Waals surface area contributed by atoms with Crippen molar-refractivity contribution in [3.05, 3.63) is 70.3 Å². The van der Waals surface area contributed by atoms with Gasteiger partial charge in [-0.3, -0.25) is 10.1 Å². The van der Waals surface area contributed by atoms with Crippen LogP contribution < -0.4 is 0 Å². The Labute approximate surface area is 140 Å². The predicted octanol–water partition coefficient (Wildman–Crippen LogP) is 5.21. The van der Waals surface area contributed by atoms with E-state index in [-0.39, 0.29) is 11.1 Å². The molecule has 0 N–H and O–H groups in total. The third-order valence-electron chi connectivity index (χ3n) is 3.92. The molecule has 0 unspecified atom stereocenters. The Morgan fingerprint density at radius 3 is 2.08 bits per heavy atom. The molecular formula is C19H18N2O3. The van der Waals surface area contributed by atoms with Gasteiger partial charge in [0.1, 0.15) is 5.69 Å². The van der Waals surface area contributed by atoms with Crippen LogP contribution in [0.15, 0.2) is 59.1 Å². The summed E-state index contributed by atoms with van der Waals surface area (Å²) >= 11 is 0. The van der Waals surface area contributed by atoms with Gasteiger partial charge in [0, 0.05) is 29.3 Å². The van der Waals surface area contributed by atoms with Crippen molar-refractivity contribution < 1.29 is 9.45 Å².